The van der Waals surface area contributed by atoms with Gasteiger partial charge in [0.2, 0.25) is 0 Å². The van der Waals surface area contributed by atoms with Gasteiger partial charge in [0.05, 0.1) is 6.54 Å². The normalized spacial score (nSPS) is 17.9. The first-order valence-corrected chi connectivity index (χ1v) is 4.91. The summed E-state index contributed by atoms with van der Waals surface area (Å²) in [4.78, 5) is 12.9. The van der Waals surface area contributed by atoms with Crippen LogP contribution < -0.4 is 5.73 Å². The summed E-state index contributed by atoms with van der Waals surface area (Å²) >= 11 is 0. The molecule has 1 saturated carbocycles. The van der Waals surface area contributed by atoms with Crippen LogP contribution in [0.25, 0.3) is 0 Å². The first-order valence-electron chi connectivity index (χ1n) is 4.91. The fourth-order valence-corrected chi connectivity index (χ4v) is 1.44. The molecule has 0 saturated heterocycles. The summed E-state index contributed by atoms with van der Waals surface area (Å²) in [5.41, 5.74) is 5.31. The molecule has 0 aromatic rings. The lowest BCUT2D eigenvalue weighted by Crippen LogP contribution is -2.46. The highest BCUT2D eigenvalue weighted by molar-refractivity contribution is 5.81. The van der Waals surface area contributed by atoms with Gasteiger partial charge in [-0.3, -0.25) is 4.79 Å². The van der Waals surface area contributed by atoms with E-state index in [-0.39, 0.29) is 12.6 Å². The Hall–Kier alpha value is -0.750. The third-order valence-corrected chi connectivity index (χ3v) is 2.38. The highest BCUT2D eigenvalue weighted by Gasteiger charge is 2.36. The monoisotopic (exact) mass is 222 g/mol. The molecule has 0 aromatic heterocycles. The summed E-state index contributed by atoms with van der Waals surface area (Å²) in [6.45, 7) is -0.509. The van der Waals surface area contributed by atoms with Crippen molar-refractivity contribution < 1.29 is 18.3 Å². The Balaban J connectivity index is 2.57. The molecule has 1 unspecified atom stereocenters. The molecular weight excluding hydrogens is 206 g/mol. The van der Waals surface area contributed by atoms with Crippen LogP contribution in [0.4, 0.5) is 8.78 Å². The van der Waals surface area contributed by atoms with Crippen LogP contribution in [0.15, 0.2) is 0 Å². The van der Waals surface area contributed by atoms with E-state index < -0.39 is 25.0 Å². The fraction of sp³-hybridized carbons (Fsp3) is 0.889. The van der Waals surface area contributed by atoms with E-state index in [9.17, 15) is 13.6 Å². The largest absolute Gasteiger partial charge is 0.370 e. The van der Waals surface area contributed by atoms with E-state index in [1.54, 1.807) is 0 Å². The number of carbonyl (C=O) groups is 1. The maximum absolute atomic E-state index is 12.2. The SMILES string of the molecule is COC(CN)C(=O)N(CC(F)F)C1CC1. The lowest BCUT2D eigenvalue weighted by atomic mass is 10.3. The van der Waals surface area contributed by atoms with E-state index in [1.165, 1.54) is 12.0 Å². The Bertz CT molecular complexity index is 218. The molecule has 0 aromatic carbocycles. The predicted octanol–water partition coefficient (Wildman–Crippen LogP) is 0.216. The van der Waals surface area contributed by atoms with Gasteiger partial charge in [-0.1, -0.05) is 0 Å². The van der Waals surface area contributed by atoms with Crippen LogP contribution in [0.1, 0.15) is 12.8 Å². The first-order chi connectivity index (χ1) is 7.10. The van der Waals surface area contributed by atoms with Crippen molar-refractivity contribution >= 4 is 5.91 Å². The number of rotatable bonds is 6. The van der Waals surface area contributed by atoms with Crippen LogP contribution in [-0.4, -0.2) is 49.6 Å². The average molecular weight is 222 g/mol. The molecule has 0 bridgehead atoms. The molecule has 1 atom stereocenters. The molecule has 2 N–H and O–H groups in total. The average Bonchev–Trinajstić information content (AvgIpc) is 2.99. The van der Waals surface area contributed by atoms with Crippen molar-refractivity contribution in [2.75, 3.05) is 20.2 Å². The number of methoxy groups -OCH3 is 1. The molecule has 88 valence electrons. The van der Waals surface area contributed by atoms with Crippen molar-refractivity contribution in [3.63, 3.8) is 0 Å². The van der Waals surface area contributed by atoms with E-state index in [0.29, 0.717) is 0 Å². The predicted molar refractivity (Wildman–Crippen MR) is 50.6 cm³/mol. The number of carbonyl (C=O) groups excluding carboxylic acids is 1. The first kappa shape index (κ1) is 12.3. The lowest BCUT2D eigenvalue weighted by Gasteiger charge is -2.25. The number of hydrogen-bond donors (Lipinski definition) is 1. The van der Waals surface area contributed by atoms with Crippen LogP contribution in [0, 0.1) is 0 Å². The molecule has 0 heterocycles. The summed E-state index contributed by atoms with van der Waals surface area (Å²) in [5.74, 6) is -0.428. The van der Waals surface area contributed by atoms with Gasteiger partial charge >= 0.3 is 0 Å². The lowest BCUT2D eigenvalue weighted by molar-refractivity contribution is -0.144. The molecule has 1 rings (SSSR count). The van der Waals surface area contributed by atoms with Crippen LogP contribution >= 0.6 is 0 Å². The molecule has 1 fully saturated rings. The molecular formula is C9H16F2N2O2. The minimum Gasteiger partial charge on any atom is -0.370 e. The Morgan fingerprint density at radius 3 is 2.53 bits per heavy atom. The topological polar surface area (TPSA) is 55.6 Å². The van der Waals surface area contributed by atoms with Gasteiger partial charge in [0, 0.05) is 19.7 Å². The Morgan fingerprint density at radius 2 is 2.20 bits per heavy atom. The number of amides is 1. The van der Waals surface area contributed by atoms with E-state index >= 15 is 0 Å². The van der Waals surface area contributed by atoms with E-state index in [0.717, 1.165) is 12.8 Å². The fourth-order valence-electron chi connectivity index (χ4n) is 1.44. The van der Waals surface area contributed by atoms with Gasteiger partial charge < -0.3 is 15.4 Å². The zero-order chi connectivity index (χ0) is 11.4. The number of ether oxygens (including phenoxy) is 1. The van der Waals surface area contributed by atoms with Crippen LogP contribution in [0.3, 0.4) is 0 Å². The van der Waals surface area contributed by atoms with Gasteiger partial charge in [-0.05, 0) is 12.8 Å². The van der Waals surface area contributed by atoms with Crippen molar-refractivity contribution in [1.82, 2.24) is 4.90 Å². The van der Waals surface area contributed by atoms with Gasteiger partial charge in [0.25, 0.3) is 12.3 Å². The Morgan fingerprint density at radius 1 is 1.60 bits per heavy atom. The Labute approximate surface area is 87.4 Å². The van der Waals surface area contributed by atoms with Crippen LogP contribution in [0.5, 0.6) is 0 Å². The molecule has 6 heteroatoms. The van der Waals surface area contributed by atoms with Gasteiger partial charge in [-0.25, -0.2) is 8.78 Å². The third-order valence-electron chi connectivity index (χ3n) is 2.38. The highest BCUT2D eigenvalue weighted by atomic mass is 19.3. The second kappa shape index (κ2) is 5.37. The van der Waals surface area contributed by atoms with E-state index in [1.807, 2.05) is 0 Å². The van der Waals surface area contributed by atoms with Gasteiger partial charge in [0.15, 0.2) is 0 Å². The summed E-state index contributed by atoms with van der Waals surface area (Å²) < 4.78 is 29.3. The molecule has 1 amide bonds. The molecule has 0 spiro atoms. The quantitative estimate of drug-likeness (QED) is 0.699. The zero-order valence-electron chi connectivity index (χ0n) is 8.66. The van der Waals surface area contributed by atoms with Crippen molar-refractivity contribution in [2.24, 2.45) is 5.73 Å². The smallest absolute Gasteiger partial charge is 0.255 e. The summed E-state index contributed by atoms with van der Waals surface area (Å²) in [7, 11) is 1.35. The van der Waals surface area contributed by atoms with E-state index in [4.69, 9.17) is 10.5 Å². The molecule has 0 aliphatic heterocycles. The maximum atomic E-state index is 12.2. The standard InChI is InChI=1S/C9H16F2N2O2/c1-15-7(4-12)9(14)13(5-8(10)11)6-2-3-6/h6-8H,2-5,12H2,1H3. The molecule has 15 heavy (non-hydrogen) atoms. The highest BCUT2D eigenvalue weighted by Crippen LogP contribution is 2.28. The summed E-state index contributed by atoms with van der Waals surface area (Å²) in [6, 6.07) is -0.0456. The van der Waals surface area contributed by atoms with Gasteiger partial charge in [0.1, 0.15) is 6.10 Å². The minimum atomic E-state index is -2.51. The van der Waals surface area contributed by atoms with Crippen molar-refractivity contribution in [1.29, 1.82) is 0 Å². The number of alkyl halides is 2. The third kappa shape index (κ3) is 3.39. The number of nitrogens with two attached hydrogens (primary N) is 1. The van der Waals surface area contributed by atoms with E-state index in [2.05, 4.69) is 0 Å². The maximum Gasteiger partial charge on any atom is 0.255 e. The zero-order valence-corrected chi connectivity index (χ0v) is 8.66. The van der Waals surface area contributed by atoms with Crippen LogP contribution in [0.2, 0.25) is 0 Å². The number of hydrogen-bond acceptors (Lipinski definition) is 3. The molecule has 1 aliphatic rings. The van der Waals surface area contributed by atoms with Crippen molar-refractivity contribution in [3.05, 3.63) is 0 Å². The van der Waals surface area contributed by atoms with Crippen LogP contribution in [-0.2, 0) is 9.53 Å². The molecule has 0 radical (unpaired) electrons. The van der Waals surface area contributed by atoms with Gasteiger partial charge in [-0.2, -0.15) is 0 Å². The number of nitrogens with zero attached hydrogens (tertiary/aromatic N) is 1. The summed E-state index contributed by atoms with van der Waals surface area (Å²) in [6.07, 6.45) is -1.73. The second-order valence-corrected chi connectivity index (χ2v) is 3.57. The van der Waals surface area contributed by atoms with Crippen molar-refractivity contribution in [2.45, 2.75) is 31.4 Å². The van der Waals surface area contributed by atoms with Gasteiger partial charge in [-0.15, -0.1) is 0 Å². The second-order valence-electron chi connectivity index (χ2n) is 3.57. The Kier molecular flexibility index (Phi) is 4.41. The molecule has 4 nitrogen and oxygen atoms in total. The molecule has 1 aliphatic carbocycles. The van der Waals surface area contributed by atoms with Crippen molar-refractivity contribution in [3.8, 4) is 0 Å². The minimum absolute atomic E-state index is 0.0157. The summed E-state index contributed by atoms with van der Waals surface area (Å²) in [5, 5.41) is 0. The number of halogens is 2.